The molecule has 4 nitrogen and oxygen atoms in total. The Bertz CT molecular complexity index is 570. The molecule has 0 aromatic heterocycles. The molecule has 0 unspecified atom stereocenters. The van der Waals surface area contributed by atoms with Crippen LogP contribution in [0.25, 0.3) is 0 Å². The molecule has 0 bridgehead atoms. The molecule has 0 fully saturated rings. The van der Waals surface area contributed by atoms with Gasteiger partial charge in [0.25, 0.3) is 5.91 Å². The molecule has 2 aromatic carbocycles. The SMILES string of the molecule is CCNCc1ccccc1OCC(=O)Nc1ccccc1. The zero-order valence-electron chi connectivity index (χ0n) is 12.1. The highest BCUT2D eigenvalue weighted by molar-refractivity contribution is 5.91. The highest BCUT2D eigenvalue weighted by Gasteiger charge is 2.06. The summed E-state index contributed by atoms with van der Waals surface area (Å²) in [5.74, 6) is 0.570. The van der Waals surface area contributed by atoms with Crippen molar-refractivity contribution in [2.24, 2.45) is 0 Å². The minimum absolute atomic E-state index is 0.00195. The molecule has 0 heterocycles. The molecular formula is C17H20N2O2. The van der Waals surface area contributed by atoms with Gasteiger partial charge in [-0.1, -0.05) is 43.3 Å². The molecule has 21 heavy (non-hydrogen) atoms. The van der Waals surface area contributed by atoms with Crippen LogP contribution >= 0.6 is 0 Å². The maximum Gasteiger partial charge on any atom is 0.262 e. The van der Waals surface area contributed by atoms with Crippen LogP contribution in [0.5, 0.6) is 5.75 Å². The first kappa shape index (κ1) is 15.1. The van der Waals surface area contributed by atoms with Gasteiger partial charge in [-0.05, 0) is 24.7 Å². The molecule has 110 valence electrons. The Morgan fingerprint density at radius 1 is 1.05 bits per heavy atom. The zero-order chi connectivity index (χ0) is 14.9. The van der Waals surface area contributed by atoms with E-state index in [-0.39, 0.29) is 12.5 Å². The average Bonchev–Trinajstić information content (AvgIpc) is 2.52. The highest BCUT2D eigenvalue weighted by Crippen LogP contribution is 2.17. The van der Waals surface area contributed by atoms with Gasteiger partial charge in [0.05, 0.1) is 0 Å². The molecule has 0 aliphatic rings. The van der Waals surface area contributed by atoms with E-state index >= 15 is 0 Å². The van der Waals surface area contributed by atoms with Gasteiger partial charge >= 0.3 is 0 Å². The lowest BCUT2D eigenvalue weighted by Crippen LogP contribution is -2.21. The lowest BCUT2D eigenvalue weighted by Gasteiger charge is -2.11. The first-order valence-corrected chi connectivity index (χ1v) is 7.06. The van der Waals surface area contributed by atoms with E-state index < -0.39 is 0 Å². The van der Waals surface area contributed by atoms with Crippen molar-refractivity contribution in [2.45, 2.75) is 13.5 Å². The number of rotatable bonds is 7. The third-order valence-electron chi connectivity index (χ3n) is 2.95. The molecular weight excluding hydrogens is 264 g/mol. The van der Waals surface area contributed by atoms with Crippen LogP contribution < -0.4 is 15.4 Å². The quantitative estimate of drug-likeness (QED) is 0.822. The zero-order valence-corrected chi connectivity index (χ0v) is 12.1. The Hall–Kier alpha value is -2.33. The number of hydrogen-bond acceptors (Lipinski definition) is 3. The minimum atomic E-state index is -0.167. The molecule has 0 aliphatic heterocycles. The molecule has 2 rings (SSSR count). The second-order valence-electron chi connectivity index (χ2n) is 4.59. The van der Waals surface area contributed by atoms with Crippen LogP contribution in [0.1, 0.15) is 12.5 Å². The van der Waals surface area contributed by atoms with E-state index in [9.17, 15) is 4.79 Å². The summed E-state index contributed by atoms with van der Waals surface area (Å²) in [6.07, 6.45) is 0. The smallest absolute Gasteiger partial charge is 0.262 e. The first-order chi connectivity index (χ1) is 10.3. The summed E-state index contributed by atoms with van der Waals surface area (Å²) in [5, 5.41) is 6.05. The molecule has 0 saturated carbocycles. The second-order valence-corrected chi connectivity index (χ2v) is 4.59. The van der Waals surface area contributed by atoms with Gasteiger partial charge in [-0.15, -0.1) is 0 Å². The van der Waals surface area contributed by atoms with Gasteiger partial charge in [0, 0.05) is 17.8 Å². The number of carbonyl (C=O) groups excluding carboxylic acids is 1. The summed E-state index contributed by atoms with van der Waals surface area (Å²) >= 11 is 0. The summed E-state index contributed by atoms with van der Waals surface area (Å²) in [7, 11) is 0. The highest BCUT2D eigenvalue weighted by atomic mass is 16.5. The van der Waals surface area contributed by atoms with Crippen molar-refractivity contribution >= 4 is 11.6 Å². The third kappa shape index (κ3) is 4.93. The predicted molar refractivity (Wildman–Crippen MR) is 84.4 cm³/mol. The van der Waals surface area contributed by atoms with Gasteiger partial charge in [-0.3, -0.25) is 4.79 Å². The second kappa shape index (κ2) is 8.07. The van der Waals surface area contributed by atoms with E-state index in [0.717, 1.165) is 30.1 Å². The number of nitrogens with one attached hydrogen (secondary N) is 2. The Kier molecular flexibility index (Phi) is 5.79. The van der Waals surface area contributed by atoms with Crippen LogP contribution in [0.4, 0.5) is 5.69 Å². The van der Waals surface area contributed by atoms with Gasteiger partial charge in [0.1, 0.15) is 5.75 Å². The lowest BCUT2D eigenvalue weighted by molar-refractivity contribution is -0.118. The summed E-state index contributed by atoms with van der Waals surface area (Å²) in [6, 6.07) is 17.1. The topological polar surface area (TPSA) is 50.4 Å². The van der Waals surface area contributed by atoms with E-state index in [1.54, 1.807) is 0 Å². The fourth-order valence-electron chi connectivity index (χ4n) is 1.91. The van der Waals surface area contributed by atoms with Gasteiger partial charge < -0.3 is 15.4 Å². The minimum Gasteiger partial charge on any atom is -0.483 e. The number of anilines is 1. The Labute approximate surface area is 125 Å². The molecule has 2 aromatic rings. The summed E-state index contributed by atoms with van der Waals surface area (Å²) < 4.78 is 5.62. The number of hydrogen-bond donors (Lipinski definition) is 2. The molecule has 4 heteroatoms. The van der Waals surface area contributed by atoms with Crippen molar-refractivity contribution in [1.29, 1.82) is 0 Å². The average molecular weight is 284 g/mol. The maximum atomic E-state index is 11.9. The van der Waals surface area contributed by atoms with E-state index in [1.807, 2.05) is 54.6 Å². The maximum absolute atomic E-state index is 11.9. The summed E-state index contributed by atoms with van der Waals surface area (Å²) in [6.45, 7) is 3.67. The van der Waals surface area contributed by atoms with Gasteiger partial charge in [0.2, 0.25) is 0 Å². The molecule has 0 radical (unpaired) electrons. The number of para-hydroxylation sites is 2. The van der Waals surface area contributed by atoms with Crippen LogP contribution in [0, 0.1) is 0 Å². The van der Waals surface area contributed by atoms with Gasteiger partial charge in [-0.25, -0.2) is 0 Å². The van der Waals surface area contributed by atoms with Crippen molar-refractivity contribution in [3.8, 4) is 5.75 Å². The Balaban J connectivity index is 1.89. The summed E-state index contributed by atoms with van der Waals surface area (Å²) in [5.41, 5.74) is 1.82. The van der Waals surface area contributed by atoms with Crippen molar-refractivity contribution in [2.75, 3.05) is 18.5 Å². The number of benzene rings is 2. The van der Waals surface area contributed by atoms with E-state index in [2.05, 4.69) is 17.6 Å². The number of carbonyl (C=O) groups is 1. The van der Waals surface area contributed by atoms with Crippen LogP contribution in [0.3, 0.4) is 0 Å². The molecule has 0 aliphatic carbocycles. The number of ether oxygens (including phenoxy) is 1. The fourth-order valence-corrected chi connectivity index (χ4v) is 1.91. The van der Waals surface area contributed by atoms with Crippen molar-refractivity contribution in [3.63, 3.8) is 0 Å². The molecule has 0 atom stereocenters. The standard InChI is InChI=1S/C17H20N2O2/c1-2-18-12-14-8-6-7-11-16(14)21-13-17(20)19-15-9-4-3-5-10-15/h3-11,18H,2,12-13H2,1H3,(H,19,20). The molecule has 2 N–H and O–H groups in total. The van der Waals surface area contributed by atoms with E-state index in [0.29, 0.717) is 0 Å². The Morgan fingerprint density at radius 2 is 1.76 bits per heavy atom. The van der Waals surface area contributed by atoms with E-state index in [1.165, 1.54) is 0 Å². The van der Waals surface area contributed by atoms with Crippen LogP contribution in [0.2, 0.25) is 0 Å². The fraction of sp³-hybridized carbons (Fsp3) is 0.235. The van der Waals surface area contributed by atoms with Crippen molar-refractivity contribution in [1.82, 2.24) is 5.32 Å². The molecule has 1 amide bonds. The van der Waals surface area contributed by atoms with Crippen molar-refractivity contribution in [3.05, 3.63) is 60.2 Å². The van der Waals surface area contributed by atoms with Crippen LogP contribution in [0.15, 0.2) is 54.6 Å². The van der Waals surface area contributed by atoms with Crippen LogP contribution in [-0.2, 0) is 11.3 Å². The lowest BCUT2D eigenvalue weighted by atomic mass is 10.2. The monoisotopic (exact) mass is 284 g/mol. The third-order valence-corrected chi connectivity index (χ3v) is 2.95. The largest absolute Gasteiger partial charge is 0.483 e. The predicted octanol–water partition coefficient (Wildman–Crippen LogP) is 2.81. The first-order valence-electron chi connectivity index (χ1n) is 7.06. The van der Waals surface area contributed by atoms with E-state index in [4.69, 9.17) is 4.74 Å². The summed E-state index contributed by atoms with van der Waals surface area (Å²) in [4.78, 5) is 11.9. The van der Waals surface area contributed by atoms with Gasteiger partial charge in [-0.2, -0.15) is 0 Å². The van der Waals surface area contributed by atoms with Gasteiger partial charge in [0.15, 0.2) is 6.61 Å². The van der Waals surface area contributed by atoms with Crippen molar-refractivity contribution < 1.29 is 9.53 Å². The normalized spacial score (nSPS) is 10.1. The number of amides is 1. The Morgan fingerprint density at radius 3 is 2.52 bits per heavy atom. The van der Waals surface area contributed by atoms with Crippen LogP contribution in [-0.4, -0.2) is 19.1 Å². The molecule has 0 spiro atoms. The molecule has 0 saturated heterocycles.